The van der Waals surface area contributed by atoms with E-state index in [1.807, 2.05) is 25.6 Å². The zero-order chi connectivity index (χ0) is 16.6. The molecule has 1 saturated heterocycles. The van der Waals surface area contributed by atoms with Crippen LogP contribution in [0.3, 0.4) is 0 Å². The van der Waals surface area contributed by atoms with E-state index in [1.54, 1.807) is 24.0 Å². The van der Waals surface area contributed by atoms with Crippen molar-refractivity contribution in [3.05, 3.63) is 29.2 Å². The van der Waals surface area contributed by atoms with E-state index in [0.29, 0.717) is 12.4 Å². The van der Waals surface area contributed by atoms with E-state index in [9.17, 15) is 4.79 Å². The summed E-state index contributed by atoms with van der Waals surface area (Å²) in [5.74, 6) is 0.522. The molecule has 0 aromatic carbocycles. The number of aromatic nitrogens is 4. The van der Waals surface area contributed by atoms with Gasteiger partial charge in [0.1, 0.15) is 6.10 Å². The molecule has 3 rings (SSSR count). The Bertz CT molecular complexity index is 720. The third-order valence-corrected chi connectivity index (χ3v) is 4.21. The lowest BCUT2D eigenvalue weighted by Gasteiger charge is -2.20. The van der Waals surface area contributed by atoms with Gasteiger partial charge in [-0.1, -0.05) is 0 Å². The molecule has 0 aliphatic carbocycles. The maximum atomic E-state index is 12.2. The largest absolute Gasteiger partial charge is 0.371 e. The molecular weight excluding hydrogens is 296 g/mol. The highest BCUT2D eigenvalue weighted by Gasteiger charge is 2.34. The van der Waals surface area contributed by atoms with Crippen molar-refractivity contribution in [2.75, 3.05) is 11.9 Å². The van der Waals surface area contributed by atoms with Crippen LogP contribution in [0.25, 0.3) is 0 Å². The number of urea groups is 1. The first kappa shape index (κ1) is 15.5. The summed E-state index contributed by atoms with van der Waals surface area (Å²) in [6.45, 7) is 4.60. The molecule has 2 N–H and O–H groups in total. The van der Waals surface area contributed by atoms with E-state index < -0.39 is 0 Å². The summed E-state index contributed by atoms with van der Waals surface area (Å²) in [7, 11) is 3.72. The van der Waals surface area contributed by atoms with Crippen LogP contribution in [0.15, 0.2) is 12.3 Å². The first-order valence-corrected chi connectivity index (χ1v) is 7.64. The van der Waals surface area contributed by atoms with Crippen molar-refractivity contribution in [3.63, 3.8) is 0 Å². The topological polar surface area (TPSA) is 86.0 Å². The summed E-state index contributed by atoms with van der Waals surface area (Å²) in [5, 5.41) is 14.3. The Morgan fingerprint density at radius 3 is 2.74 bits per heavy atom. The van der Waals surface area contributed by atoms with Crippen LogP contribution >= 0.6 is 0 Å². The van der Waals surface area contributed by atoms with Gasteiger partial charge in [0.25, 0.3) is 0 Å². The number of ether oxygens (including phenoxy) is 1. The molecule has 0 spiro atoms. The molecule has 2 atom stereocenters. The molecule has 8 heteroatoms. The number of hydrogen-bond donors (Lipinski definition) is 2. The minimum atomic E-state index is -0.275. The monoisotopic (exact) mass is 318 g/mol. The lowest BCUT2D eigenvalue weighted by Crippen LogP contribution is -2.39. The smallest absolute Gasteiger partial charge is 0.320 e. The van der Waals surface area contributed by atoms with Crippen molar-refractivity contribution in [2.45, 2.75) is 32.4 Å². The number of nitrogens with one attached hydrogen (secondary N) is 2. The SMILES string of the molecule is Cc1nn(C)c(C)c1[C@H]1OCC[C@@H]1NC(=O)Nc1ccn(C)n1. The Kier molecular flexibility index (Phi) is 4.08. The fraction of sp³-hybridized carbons (Fsp3) is 0.533. The molecule has 0 radical (unpaired) electrons. The summed E-state index contributed by atoms with van der Waals surface area (Å²) in [6.07, 6.45) is 2.38. The van der Waals surface area contributed by atoms with Crippen LogP contribution < -0.4 is 10.6 Å². The lowest BCUT2D eigenvalue weighted by molar-refractivity contribution is 0.0993. The van der Waals surface area contributed by atoms with Crippen LogP contribution in [-0.2, 0) is 18.8 Å². The van der Waals surface area contributed by atoms with E-state index in [1.165, 1.54) is 0 Å². The summed E-state index contributed by atoms with van der Waals surface area (Å²) in [5.41, 5.74) is 3.06. The molecule has 2 aromatic rings. The van der Waals surface area contributed by atoms with Crippen LogP contribution in [0.5, 0.6) is 0 Å². The highest BCUT2D eigenvalue weighted by Crippen LogP contribution is 2.33. The summed E-state index contributed by atoms with van der Waals surface area (Å²) in [4.78, 5) is 12.2. The van der Waals surface area contributed by atoms with Crippen LogP contribution in [-0.4, -0.2) is 38.2 Å². The van der Waals surface area contributed by atoms with Crippen LogP contribution in [0, 0.1) is 13.8 Å². The molecule has 124 valence electrons. The third-order valence-electron chi connectivity index (χ3n) is 4.21. The number of anilines is 1. The van der Waals surface area contributed by atoms with Crippen molar-refractivity contribution < 1.29 is 9.53 Å². The van der Waals surface area contributed by atoms with Gasteiger partial charge in [-0.05, 0) is 20.3 Å². The molecule has 1 aliphatic heterocycles. The second kappa shape index (κ2) is 6.04. The van der Waals surface area contributed by atoms with E-state index >= 15 is 0 Å². The van der Waals surface area contributed by atoms with Crippen LogP contribution in [0.4, 0.5) is 10.6 Å². The maximum Gasteiger partial charge on any atom is 0.320 e. The van der Waals surface area contributed by atoms with Gasteiger partial charge >= 0.3 is 6.03 Å². The number of hydrogen-bond acceptors (Lipinski definition) is 4. The molecule has 2 aromatic heterocycles. The maximum absolute atomic E-state index is 12.2. The van der Waals surface area contributed by atoms with Gasteiger partial charge in [-0.3, -0.25) is 14.7 Å². The second-order valence-electron chi connectivity index (χ2n) is 5.87. The van der Waals surface area contributed by atoms with Gasteiger partial charge in [0, 0.05) is 44.2 Å². The van der Waals surface area contributed by atoms with Crippen molar-refractivity contribution in [3.8, 4) is 0 Å². The normalized spacial score (nSPS) is 20.7. The van der Waals surface area contributed by atoms with E-state index in [2.05, 4.69) is 20.8 Å². The molecule has 0 unspecified atom stereocenters. The van der Waals surface area contributed by atoms with Crippen molar-refractivity contribution in [2.24, 2.45) is 14.1 Å². The lowest BCUT2D eigenvalue weighted by atomic mass is 10.0. The highest BCUT2D eigenvalue weighted by molar-refractivity contribution is 5.88. The van der Waals surface area contributed by atoms with Gasteiger partial charge in [0.2, 0.25) is 0 Å². The van der Waals surface area contributed by atoms with Gasteiger partial charge in [-0.15, -0.1) is 0 Å². The molecule has 3 heterocycles. The molecule has 0 saturated carbocycles. The number of rotatable bonds is 3. The van der Waals surface area contributed by atoms with Gasteiger partial charge in [-0.2, -0.15) is 10.2 Å². The minimum Gasteiger partial charge on any atom is -0.371 e. The minimum absolute atomic E-state index is 0.0830. The molecular formula is C15H22N6O2. The first-order valence-electron chi connectivity index (χ1n) is 7.64. The Hall–Kier alpha value is -2.35. The summed E-state index contributed by atoms with van der Waals surface area (Å²) >= 11 is 0. The molecule has 2 amide bonds. The Labute approximate surface area is 134 Å². The molecule has 0 bridgehead atoms. The number of nitrogens with zero attached hydrogens (tertiary/aromatic N) is 4. The van der Waals surface area contributed by atoms with Crippen molar-refractivity contribution >= 4 is 11.8 Å². The number of carbonyl (C=O) groups is 1. The average molecular weight is 318 g/mol. The first-order chi connectivity index (χ1) is 11.0. The Balaban J connectivity index is 1.70. The zero-order valence-electron chi connectivity index (χ0n) is 13.8. The van der Waals surface area contributed by atoms with E-state index in [0.717, 1.165) is 23.4 Å². The standard InChI is InChI=1S/C15H22N6O2/c1-9-13(10(2)21(4)18-9)14-11(6-8-23-14)16-15(22)17-12-5-7-20(3)19-12/h5,7,11,14H,6,8H2,1-4H3,(H2,16,17,19,22)/t11-,14-/m0/s1. The van der Waals surface area contributed by atoms with Gasteiger partial charge in [-0.25, -0.2) is 4.79 Å². The molecule has 1 aliphatic rings. The molecule has 8 nitrogen and oxygen atoms in total. The van der Waals surface area contributed by atoms with Crippen LogP contribution in [0.1, 0.15) is 29.5 Å². The van der Waals surface area contributed by atoms with E-state index in [-0.39, 0.29) is 18.2 Å². The van der Waals surface area contributed by atoms with Gasteiger partial charge in [0.05, 0.1) is 11.7 Å². The Morgan fingerprint density at radius 1 is 1.35 bits per heavy atom. The van der Waals surface area contributed by atoms with Crippen molar-refractivity contribution in [1.82, 2.24) is 24.9 Å². The number of amides is 2. The highest BCUT2D eigenvalue weighted by atomic mass is 16.5. The van der Waals surface area contributed by atoms with E-state index in [4.69, 9.17) is 4.74 Å². The fourth-order valence-corrected chi connectivity index (χ4v) is 3.03. The Morgan fingerprint density at radius 2 is 2.13 bits per heavy atom. The van der Waals surface area contributed by atoms with Crippen molar-refractivity contribution in [1.29, 1.82) is 0 Å². The molecule has 1 fully saturated rings. The predicted molar refractivity (Wildman–Crippen MR) is 85.1 cm³/mol. The quantitative estimate of drug-likeness (QED) is 0.896. The summed E-state index contributed by atoms with van der Waals surface area (Å²) < 4.78 is 9.35. The second-order valence-corrected chi connectivity index (χ2v) is 5.87. The van der Waals surface area contributed by atoms with Crippen LogP contribution in [0.2, 0.25) is 0 Å². The van der Waals surface area contributed by atoms with Gasteiger partial charge in [0.15, 0.2) is 5.82 Å². The third kappa shape index (κ3) is 3.07. The zero-order valence-corrected chi connectivity index (χ0v) is 13.8. The summed E-state index contributed by atoms with van der Waals surface area (Å²) in [6, 6.07) is 1.39. The molecule has 23 heavy (non-hydrogen) atoms. The number of aryl methyl sites for hydroxylation is 3. The average Bonchev–Trinajstić information content (AvgIpc) is 3.14. The number of carbonyl (C=O) groups excluding carboxylic acids is 1. The predicted octanol–water partition coefficient (Wildman–Crippen LogP) is 1.42. The fourth-order valence-electron chi connectivity index (χ4n) is 3.03. The van der Waals surface area contributed by atoms with Gasteiger partial charge < -0.3 is 10.1 Å².